The van der Waals surface area contributed by atoms with Crippen LogP contribution in [0.2, 0.25) is 0 Å². The minimum atomic E-state index is -1.08. The van der Waals surface area contributed by atoms with Gasteiger partial charge in [-0.05, 0) is 13.3 Å². The monoisotopic (exact) mass is 223 g/mol. The summed E-state index contributed by atoms with van der Waals surface area (Å²) in [6.45, 7) is 3.26. The Morgan fingerprint density at radius 1 is 1.56 bits per heavy atom. The molecular formula is C10H13N3O3. The van der Waals surface area contributed by atoms with Crippen molar-refractivity contribution in [2.45, 2.75) is 26.3 Å². The zero-order chi connectivity index (χ0) is 12.1. The summed E-state index contributed by atoms with van der Waals surface area (Å²) in [5, 5.41) is 11.0. The van der Waals surface area contributed by atoms with Crippen LogP contribution < -0.4 is 5.32 Å². The van der Waals surface area contributed by atoms with Crippen molar-refractivity contribution < 1.29 is 14.7 Å². The third kappa shape index (κ3) is 2.75. The van der Waals surface area contributed by atoms with Crippen LogP contribution in [0.15, 0.2) is 12.5 Å². The second-order valence-corrected chi connectivity index (χ2v) is 3.27. The summed E-state index contributed by atoms with van der Waals surface area (Å²) in [6, 6.07) is -0.933. The van der Waals surface area contributed by atoms with E-state index in [4.69, 9.17) is 5.11 Å². The van der Waals surface area contributed by atoms with Crippen molar-refractivity contribution in [3.05, 3.63) is 23.8 Å². The summed E-state index contributed by atoms with van der Waals surface area (Å²) in [5.41, 5.74) is 0.920. The van der Waals surface area contributed by atoms with Crippen molar-refractivity contribution in [3.63, 3.8) is 0 Å². The third-order valence-corrected chi connectivity index (χ3v) is 2.09. The standard InChI is InChI=1S/C10H13N3O3/c1-3-8-7(4-11-5-12-8)9(14)13-6(2)10(15)16/h4-6H,3H2,1-2H3,(H,13,14)(H,15,16)/t6-/m1/s1. The van der Waals surface area contributed by atoms with Crippen molar-refractivity contribution >= 4 is 11.9 Å². The number of nitrogens with one attached hydrogen (secondary N) is 1. The summed E-state index contributed by atoms with van der Waals surface area (Å²) >= 11 is 0. The van der Waals surface area contributed by atoms with Gasteiger partial charge in [0.05, 0.1) is 11.3 Å². The molecule has 1 amide bonds. The smallest absolute Gasteiger partial charge is 0.325 e. The molecule has 86 valence electrons. The van der Waals surface area contributed by atoms with Gasteiger partial charge in [-0.25, -0.2) is 9.97 Å². The molecule has 0 aromatic carbocycles. The zero-order valence-electron chi connectivity index (χ0n) is 9.10. The van der Waals surface area contributed by atoms with Crippen LogP contribution in [-0.4, -0.2) is 33.0 Å². The van der Waals surface area contributed by atoms with Gasteiger partial charge >= 0.3 is 5.97 Å². The summed E-state index contributed by atoms with van der Waals surface area (Å²) in [5.74, 6) is -1.55. The van der Waals surface area contributed by atoms with Crippen LogP contribution in [0, 0.1) is 0 Å². The van der Waals surface area contributed by atoms with E-state index in [0.717, 1.165) is 0 Å². The number of rotatable bonds is 4. The number of aryl methyl sites for hydroxylation is 1. The molecule has 1 atom stereocenters. The molecule has 1 aromatic heterocycles. The number of amides is 1. The Balaban J connectivity index is 2.84. The SMILES string of the molecule is CCc1ncncc1C(=O)N[C@H](C)C(=O)O. The number of hydrogen-bond acceptors (Lipinski definition) is 4. The number of carbonyl (C=O) groups excluding carboxylic acids is 1. The highest BCUT2D eigenvalue weighted by molar-refractivity contribution is 5.97. The third-order valence-electron chi connectivity index (χ3n) is 2.09. The van der Waals surface area contributed by atoms with Gasteiger partial charge in [-0.3, -0.25) is 9.59 Å². The molecule has 0 aliphatic carbocycles. The molecule has 1 heterocycles. The van der Waals surface area contributed by atoms with E-state index in [1.165, 1.54) is 19.4 Å². The minimum Gasteiger partial charge on any atom is -0.480 e. The van der Waals surface area contributed by atoms with Gasteiger partial charge in [0.1, 0.15) is 12.4 Å². The lowest BCUT2D eigenvalue weighted by atomic mass is 10.1. The molecule has 0 aliphatic rings. The molecule has 6 nitrogen and oxygen atoms in total. The second kappa shape index (κ2) is 5.20. The molecule has 0 bridgehead atoms. The summed E-state index contributed by atoms with van der Waals surface area (Å²) in [6.07, 6.45) is 3.33. The Morgan fingerprint density at radius 3 is 2.81 bits per heavy atom. The van der Waals surface area contributed by atoms with Crippen LogP contribution in [0.1, 0.15) is 29.9 Å². The lowest BCUT2D eigenvalue weighted by molar-refractivity contribution is -0.138. The van der Waals surface area contributed by atoms with E-state index in [9.17, 15) is 9.59 Å². The maximum atomic E-state index is 11.7. The first-order chi connectivity index (χ1) is 7.56. The number of carboxylic acid groups (broad SMARTS) is 1. The van der Waals surface area contributed by atoms with E-state index in [2.05, 4.69) is 15.3 Å². The van der Waals surface area contributed by atoms with Gasteiger partial charge in [-0.15, -0.1) is 0 Å². The van der Waals surface area contributed by atoms with E-state index in [-0.39, 0.29) is 0 Å². The number of nitrogens with zero attached hydrogens (tertiary/aromatic N) is 2. The maximum absolute atomic E-state index is 11.7. The Morgan fingerprint density at radius 2 is 2.25 bits per heavy atom. The first-order valence-electron chi connectivity index (χ1n) is 4.88. The molecule has 16 heavy (non-hydrogen) atoms. The Labute approximate surface area is 92.7 Å². The quantitative estimate of drug-likeness (QED) is 0.762. The van der Waals surface area contributed by atoms with E-state index in [1.807, 2.05) is 6.92 Å². The first-order valence-corrected chi connectivity index (χ1v) is 4.88. The van der Waals surface area contributed by atoms with Gasteiger partial charge in [-0.2, -0.15) is 0 Å². The lowest BCUT2D eigenvalue weighted by Gasteiger charge is -2.10. The Kier molecular flexibility index (Phi) is 3.93. The number of aromatic nitrogens is 2. The number of aliphatic carboxylic acids is 1. The van der Waals surface area contributed by atoms with Gasteiger partial charge in [0.15, 0.2) is 0 Å². The maximum Gasteiger partial charge on any atom is 0.325 e. The van der Waals surface area contributed by atoms with Crippen molar-refractivity contribution in [3.8, 4) is 0 Å². The van der Waals surface area contributed by atoms with Crippen LogP contribution >= 0.6 is 0 Å². The van der Waals surface area contributed by atoms with Crippen molar-refractivity contribution in [1.29, 1.82) is 0 Å². The number of hydrogen-bond donors (Lipinski definition) is 2. The van der Waals surface area contributed by atoms with Gasteiger partial charge in [0.25, 0.3) is 5.91 Å². The lowest BCUT2D eigenvalue weighted by Crippen LogP contribution is -2.38. The molecule has 1 rings (SSSR count). The average molecular weight is 223 g/mol. The molecule has 0 spiro atoms. The molecule has 0 saturated heterocycles. The molecule has 0 unspecified atom stereocenters. The number of carbonyl (C=O) groups is 2. The van der Waals surface area contributed by atoms with Crippen LogP contribution in [0.5, 0.6) is 0 Å². The van der Waals surface area contributed by atoms with Crippen LogP contribution in [0.3, 0.4) is 0 Å². The fraction of sp³-hybridized carbons (Fsp3) is 0.400. The first kappa shape index (κ1) is 12.1. The summed E-state index contributed by atoms with van der Waals surface area (Å²) in [7, 11) is 0. The summed E-state index contributed by atoms with van der Waals surface area (Å²) in [4.78, 5) is 30.0. The summed E-state index contributed by atoms with van der Waals surface area (Å²) < 4.78 is 0. The molecule has 0 aliphatic heterocycles. The fourth-order valence-electron chi connectivity index (χ4n) is 1.16. The van der Waals surface area contributed by atoms with E-state index in [1.54, 1.807) is 0 Å². The highest BCUT2D eigenvalue weighted by Crippen LogP contribution is 2.04. The Hall–Kier alpha value is -1.98. The van der Waals surface area contributed by atoms with Crippen LogP contribution in [0.4, 0.5) is 0 Å². The van der Waals surface area contributed by atoms with Gasteiger partial charge in [0, 0.05) is 6.20 Å². The normalized spacial score (nSPS) is 11.9. The molecule has 0 radical (unpaired) electrons. The fourth-order valence-corrected chi connectivity index (χ4v) is 1.16. The predicted octanol–water partition coefficient (Wildman–Crippen LogP) is 0.242. The predicted molar refractivity (Wildman–Crippen MR) is 56.0 cm³/mol. The highest BCUT2D eigenvalue weighted by atomic mass is 16.4. The minimum absolute atomic E-state index is 0.318. The van der Waals surface area contributed by atoms with Gasteiger partial charge in [-0.1, -0.05) is 6.92 Å². The average Bonchev–Trinajstić information content (AvgIpc) is 2.28. The van der Waals surface area contributed by atoms with Gasteiger partial charge in [0.2, 0.25) is 0 Å². The van der Waals surface area contributed by atoms with Gasteiger partial charge < -0.3 is 10.4 Å². The van der Waals surface area contributed by atoms with Crippen LogP contribution in [-0.2, 0) is 11.2 Å². The molecule has 2 N–H and O–H groups in total. The molecule has 0 fully saturated rings. The molecular weight excluding hydrogens is 210 g/mol. The molecule has 0 saturated carbocycles. The largest absolute Gasteiger partial charge is 0.480 e. The Bertz CT molecular complexity index is 406. The number of carboxylic acids is 1. The van der Waals surface area contributed by atoms with Crippen molar-refractivity contribution in [2.24, 2.45) is 0 Å². The van der Waals surface area contributed by atoms with Crippen molar-refractivity contribution in [2.75, 3.05) is 0 Å². The van der Waals surface area contributed by atoms with E-state index >= 15 is 0 Å². The van der Waals surface area contributed by atoms with Crippen LogP contribution in [0.25, 0.3) is 0 Å². The van der Waals surface area contributed by atoms with E-state index in [0.29, 0.717) is 17.7 Å². The van der Waals surface area contributed by atoms with Crippen molar-refractivity contribution in [1.82, 2.24) is 15.3 Å². The second-order valence-electron chi connectivity index (χ2n) is 3.27. The molecule has 1 aromatic rings. The van der Waals surface area contributed by atoms with E-state index < -0.39 is 17.9 Å². The highest BCUT2D eigenvalue weighted by Gasteiger charge is 2.17. The molecule has 6 heteroatoms. The zero-order valence-corrected chi connectivity index (χ0v) is 9.10. The topological polar surface area (TPSA) is 92.2 Å².